The summed E-state index contributed by atoms with van der Waals surface area (Å²) < 4.78 is 0. The van der Waals surface area contributed by atoms with Crippen LogP contribution in [-0.4, -0.2) is 32.5 Å². The van der Waals surface area contributed by atoms with Crippen molar-refractivity contribution in [1.29, 1.82) is 0 Å². The van der Waals surface area contributed by atoms with Crippen LogP contribution in [0.5, 0.6) is 0 Å². The number of fused-ring (bicyclic) bond motifs is 1. The molecule has 2 aromatic rings. The maximum atomic E-state index is 4.44. The molecule has 6 heteroatoms. The van der Waals surface area contributed by atoms with E-state index in [1.165, 1.54) is 12.8 Å². The Morgan fingerprint density at radius 2 is 2.31 bits per heavy atom. The van der Waals surface area contributed by atoms with Crippen LogP contribution in [0.1, 0.15) is 19.8 Å². The molecule has 3 N–H and O–H groups in total. The third-order valence-electron chi connectivity index (χ3n) is 2.54. The monoisotopic (exact) mass is 218 g/mol. The molecule has 1 saturated carbocycles. The van der Waals surface area contributed by atoms with E-state index < -0.39 is 0 Å². The molecule has 2 aromatic heterocycles. The minimum Gasteiger partial charge on any atom is -0.365 e. The number of H-pyrrole nitrogens is 1. The Bertz CT molecular complexity index is 501. The summed E-state index contributed by atoms with van der Waals surface area (Å²) in [4.78, 5) is 16.0. The van der Waals surface area contributed by atoms with Crippen LogP contribution >= 0.6 is 0 Å². The molecule has 1 fully saturated rings. The Balaban J connectivity index is 2.02. The number of hydrogen-bond donors (Lipinski definition) is 3. The van der Waals surface area contributed by atoms with Crippen LogP contribution in [-0.2, 0) is 0 Å². The number of aromatic nitrogens is 4. The van der Waals surface area contributed by atoms with Crippen molar-refractivity contribution in [1.82, 2.24) is 19.9 Å². The van der Waals surface area contributed by atoms with E-state index in [1.807, 2.05) is 6.92 Å². The topological polar surface area (TPSA) is 78.5 Å². The van der Waals surface area contributed by atoms with Gasteiger partial charge in [0.1, 0.15) is 5.52 Å². The van der Waals surface area contributed by atoms with Gasteiger partial charge in [-0.25, -0.2) is 4.98 Å². The quantitative estimate of drug-likeness (QED) is 0.722. The number of rotatable bonds is 4. The van der Waals surface area contributed by atoms with Crippen LogP contribution in [0.25, 0.3) is 11.2 Å². The number of aromatic amines is 1. The first-order valence-electron chi connectivity index (χ1n) is 5.58. The van der Waals surface area contributed by atoms with Crippen LogP contribution in [0.2, 0.25) is 0 Å². The molecule has 1 aliphatic carbocycles. The lowest BCUT2D eigenvalue weighted by atomic mass is 10.4. The second-order valence-corrected chi connectivity index (χ2v) is 3.95. The predicted molar refractivity (Wildman–Crippen MR) is 62.5 cm³/mol. The van der Waals surface area contributed by atoms with E-state index >= 15 is 0 Å². The Labute approximate surface area is 92.9 Å². The first-order valence-corrected chi connectivity index (χ1v) is 5.58. The summed E-state index contributed by atoms with van der Waals surface area (Å²) in [5.74, 6) is 1.48. The Kier molecular flexibility index (Phi) is 2.12. The van der Waals surface area contributed by atoms with Crippen LogP contribution < -0.4 is 10.6 Å². The molecule has 0 aliphatic heterocycles. The van der Waals surface area contributed by atoms with Crippen LogP contribution in [0, 0.1) is 0 Å². The number of hydrogen-bond acceptors (Lipinski definition) is 5. The Morgan fingerprint density at radius 1 is 1.44 bits per heavy atom. The highest BCUT2D eigenvalue weighted by molar-refractivity contribution is 5.83. The fourth-order valence-electron chi connectivity index (χ4n) is 1.60. The Hall–Kier alpha value is -1.85. The molecule has 0 saturated heterocycles. The van der Waals surface area contributed by atoms with Crippen molar-refractivity contribution in [3.05, 3.63) is 6.33 Å². The summed E-state index contributed by atoms with van der Waals surface area (Å²) in [6.45, 7) is 2.82. The molecule has 1 aliphatic rings. The molecule has 0 spiro atoms. The van der Waals surface area contributed by atoms with Gasteiger partial charge in [-0.3, -0.25) is 0 Å². The van der Waals surface area contributed by atoms with Crippen molar-refractivity contribution in [3.8, 4) is 0 Å². The number of anilines is 2. The van der Waals surface area contributed by atoms with E-state index in [0.717, 1.165) is 17.9 Å². The van der Waals surface area contributed by atoms with Crippen molar-refractivity contribution in [3.63, 3.8) is 0 Å². The van der Waals surface area contributed by atoms with E-state index in [-0.39, 0.29) is 0 Å². The number of nitrogens with zero attached hydrogens (tertiary/aromatic N) is 3. The average molecular weight is 218 g/mol. The maximum absolute atomic E-state index is 4.44. The molecule has 84 valence electrons. The lowest BCUT2D eigenvalue weighted by Crippen LogP contribution is -2.08. The van der Waals surface area contributed by atoms with Crippen LogP contribution in [0.15, 0.2) is 6.33 Å². The van der Waals surface area contributed by atoms with Gasteiger partial charge in [0.15, 0.2) is 11.5 Å². The molecule has 0 atom stereocenters. The van der Waals surface area contributed by atoms with Gasteiger partial charge in [0.2, 0.25) is 5.95 Å². The van der Waals surface area contributed by atoms with E-state index in [0.29, 0.717) is 17.6 Å². The number of imidazole rings is 1. The zero-order valence-electron chi connectivity index (χ0n) is 9.12. The van der Waals surface area contributed by atoms with Gasteiger partial charge >= 0.3 is 0 Å². The van der Waals surface area contributed by atoms with E-state index in [1.54, 1.807) is 6.33 Å². The maximum Gasteiger partial charge on any atom is 0.226 e. The fraction of sp³-hybridized carbons (Fsp3) is 0.500. The van der Waals surface area contributed by atoms with Gasteiger partial charge < -0.3 is 15.6 Å². The van der Waals surface area contributed by atoms with Crippen LogP contribution in [0.3, 0.4) is 0 Å². The summed E-state index contributed by atoms with van der Waals surface area (Å²) in [7, 11) is 0. The number of nitrogens with one attached hydrogen (secondary N) is 3. The first kappa shape index (κ1) is 9.38. The van der Waals surface area contributed by atoms with Crippen molar-refractivity contribution in [2.75, 3.05) is 17.2 Å². The second-order valence-electron chi connectivity index (χ2n) is 3.95. The zero-order valence-corrected chi connectivity index (χ0v) is 9.12. The van der Waals surface area contributed by atoms with Gasteiger partial charge in [0, 0.05) is 12.6 Å². The third-order valence-corrected chi connectivity index (χ3v) is 2.54. The molecule has 0 unspecified atom stereocenters. The smallest absolute Gasteiger partial charge is 0.226 e. The highest BCUT2D eigenvalue weighted by Gasteiger charge is 2.23. The highest BCUT2D eigenvalue weighted by atomic mass is 15.2. The van der Waals surface area contributed by atoms with Crippen molar-refractivity contribution >= 4 is 22.9 Å². The van der Waals surface area contributed by atoms with E-state index in [2.05, 4.69) is 30.6 Å². The van der Waals surface area contributed by atoms with E-state index in [4.69, 9.17) is 0 Å². The first-order chi connectivity index (χ1) is 7.86. The molecule has 2 heterocycles. The molecule has 0 aromatic carbocycles. The third kappa shape index (κ3) is 1.66. The summed E-state index contributed by atoms with van der Waals surface area (Å²) in [6.07, 6.45) is 4.08. The van der Waals surface area contributed by atoms with Crippen molar-refractivity contribution in [2.24, 2.45) is 0 Å². The van der Waals surface area contributed by atoms with Gasteiger partial charge in [0.25, 0.3) is 0 Å². The molecular formula is C10H14N6. The molecule has 0 bridgehead atoms. The molecule has 3 rings (SSSR count). The van der Waals surface area contributed by atoms with Gasteiger partial charge in [-0.05, 0) is 19.8 Å². The minimum atomic E-state index is 0.566. The highest BCUT2D eigenvalue weighted by Crippen LogP contribution is 2.27. The largest absolute Gasteiger partial charge is 0.365 e. The van der Waals surface area contributed by atoms with Crippen molar-refractivity contribution in [2.45, 2.75) is 25.8 Å². The zero-order chi connectivity index (χ0) is 11.0. The van der Waals surface area contributed by atoms with Gasteiger partial charge in [-0.2, -0.15) is 9.97 Å². The SMILES string of the molecule is CCNc1nc(NC2CC2)c2[nH]cnc2n1. The standard InChI is InChI=1S/C10H14N6/c1-2-11-10-15-8-7(12-5-13-8)9(16-10)14-6-3-4-6/h5-6H,2-4H2,1H3,(H3,11,12,13,14,15,16). The van der Waals surface area contributed by atoms with Gasteiger partial charge in [-0.1, -0.05) is 0 Å². The molecule has 0 amide bonds. The van der Waals surface area contributed by atoms with Crippen LogP contribution in [0.4, 0.5) is 11.8 Å². The predicted octanol–water partition coefficient (Wildman–Crippen LogP) is 1.36. The lowest BCUT2D eigenvalue weighted by Gasteiger charge is -2.07. The van der Waals surface area contributed by atoms with Crippen molar-refractivity contribution < 1.29 is 0 Å². The Morgan fingerprint density at radius 3 is 3.06 bits per heavy atom. The minimum absolute atomic E-state index is 0.566. The summed E-state index contributed by atoms with van der Waals surface area (Å²) in [5, 5.41) is 6.49. The average Bonchev–Trinajstić information content (AvgIpc) is 2.95. The van der Waals surface area contributed by atoms with Gasteiger partial charge in [-0.15, -0.1) is 0 Å². The molecule has 0 radical (unpaired) electrons. The van der Waals surface area contributed by atoms with E-state index in [9.17, 15) is 0 Å². The molecule has 16 heavy (non-hydrogen) atoms. The lowest BCUT2D eigenvalue weighted by molar-refractivity contribution is 1.07. The molecular weight excluding hydrogens is 204 g/mol. The summed E-state index contributed by atoms with van der Waals surface area (Å²) >= 11 is 0. The van der Waals surface area contributed by atoms with Gasteiger partial charge in [0.05, 0.1) is 6.33 Å². The molecule has 6 nitrogen and oxygen atoms in total. The fourth-order valence-corrected chi connectivity index (χ4v) is 1.60. The second kappa shape index (κ2) is 3.62. The normalized spacial score (nSPS) is 15.3. The summed E-state index contributed by atoms with van der Waals surface area (Å²) in [5.41, 5.74) is 1.59. The summed E-state index contributed by atoms with van der Waals surface area (Å²) in [6, 6.07) is 0.566.